The minimum absolute atomic E-state index is 0.139. The Labute approximate surface area is 114 Å². The number of nitro groups is 1. The van der Waals surface area contributed by atoms with E-state index in [1.807, 2.05) is 13.8 Å². The average Bonchev–Trinajstić information content (AvgIpc) is 2.95. The lowest BCUT2D eigenvalue weighted by atomic mass is 10.1. The van der Waals surface area contributed by atoms with Gasteiger partial charge < -0.3 is 15.4 Å². The first-order valence-electron chi connectivity index (χ1n) is 6.07. The van der Waals surface area contributed by atoms with E-state index >= 15 is 0 Å². The van der Waals surface area contributed by atoms with Crippen LogP contribution in [0.1, 0.15) is 35.9 Å². The molecule has 2 heterocycles. The molecule has 106 valence electrons. The van der Waals surface area contributed by atoms with Gasteiger partial charge in [0.2, 0.25) is 0 Å². The van der Waals surface area contributed by atoms with Crippen LogP contribution in [0.15, 0.2) is 18.2 Å². The number of nitrogens with zero attached hydrogens (tertiary/aromatic N) is 3. The van der Waals surface area contributed by atoms with Gasteiger partial charge in [0.05, 0.1) is 7.05 Å². The van der Waals surface area contributed by atoms with Crippen LogP contribution in [0.5, 0.6) is 0 Å². The van der Waals surface area contributed by atoms with E-state index < -0.39 is 10.8 Å². The summed E-state index contributed by atoms with van der Waals surface area (Å²) in [6, 6.07) is 4.43. The fraction of sp³-hybridized carbons (Fsp3) is 0.333. The Bertz CT molecular complexity index is 656. The summed E-state index contributed by atoms with van der Waals surface area (Å²) in [5.41, 5.74) is 1.10. The molecule has 0 saturated heterocycles. The number of aromatic amines is 1. The van der Waals surface area contributed by atoms with E-state index in [4.69, 9.17) is 0 Å². The number of carbonyl (C=O) groups is 1. The summed E-state index contributed by atoms with van der Waals surface area (Å²) in [6.07, 6.45) is 0. The number of carbonyl (C=O) groups excluding carboxylic acids is 1. The largest absolute Gasteiger partial charge is 0.358 e. The second kappa shape index (κ2) is 5.16. The molecule has 2 aromatic rings. The zero-order chi connectivity index (χ0) is 14.9. The molecule has 0 bridgehead atoms. The Morgan fingerprint density at radius 2 is 2.20 bits per heavy atom. The van der Waals surface area contributed by atoms with E-state index in [0.717, 1.165) is 5.69 Å². The van der Waals surface area contributed by atoms with Crippen molar-refractivity contribution >= 4 is 17.5 Å². The number of nitrogens with one attached hydrogen (secondary N) is 2. The van der Waals surface area contributed by atoms with Crippen LogP contribution in [0.2, 0.25) is 0 Å². The molecule has 0 saturated carbocycles. The van der Waals surface area contributed by atoms with Gasteiger partial charge in [0, 0.05) is 17.8 Å². The normalized spacial score (nSPS) is 10.8. The first kappa shape index (κ1) is 13.8. The van der Waals surface area contributed by atoms with Crippen LogP contribution in [-0.2, 0) is 7.05 Å². The zero-order valence-corrected chi connectivity index (χ0v) is 11.4. The fourth-order valence-corrected chi connectivity index (χ4v) is 1.79. The Kier molecular flexibility index (Phi) is 3.55. The van der Waals surface area contributed by atoms with Gasteiger partial charge in [-0.15, -0.1) is 0 Å². The van der Waals surface area contributed by atoms with Gasteiger partial charge in [-0.25, -0.2) is 4.57 Å². The van der Waals surface area contributed by atoms with Crippen LogP contribution in [0.4, 0.5) is 11.6 Å². The van der Waals surface area contributed by atoms with Crippen molar-refractivity contribution in [2.45, 2.75) is 19.8 Å². The second-order valence-electron chi connectivity index (χ2n) is 4.71. The van der Waals surface area contributed by atoms with E-state index in [2.05, 4.69) is 15.5 Å². The number of rotatable bonds is 4. The maximum atomic E-state index is 12.0. The van der Waals surface area contributed by atoms with Gasteiger partial charge in [0.1, 0.15) is 0 Å². The van der Waals surface area contributed by atoms with Crippen molar-refractivity contribution in [2.75, 3.05) is 5.32 Å². The van der Waals surface area contributed by atoms with Crippen LogP contribution in [-0.4, -0.2) is 25.6 Å². The lowest BCUT2D eigenvalue weighted by molar-refractivity contribution is -0.391. The van der Waals surface area contributed by atoms with Gasteiger partial charge in [0.15, 0.2) is 11.5 Å². The van der Waals surface area contributed by atoms with Gasteiger partial charge in [-0.3, -0.25) is 9.89 Å². The lowest BCUT2D eigenvalue weighted by Crippen LogP contribution is -2.16. The van der Waals surface area contributed by atoms with Crippen molar-refractivity contribution in [1.82, 2.24) is 14.8 Å². The molecule has 2 rings (SSSR count). The minimum Gasteiger partial charge on any atom is -0.358 e. The summed E-state index contributed by atoms with van der Waals surface area (Å²) >= 11 is 0. The highest BCUT2D eigenvalue weighted by Crippen LogP contribution is 2.18. The van der Waals surface area contributed by atoms with Crippen LogP contribution in [0.25, 0.3) is 0 Å². The Morgan fingerprint density at radius 1 is 1.50 bits per heavy atom. The van der Waals surface area contributed by atoms with Crippen LogP contribution in [0, 0.1) is 10.1 Å². The molecule has 0 fully saturated rings. The van der Waals surface area contributed by atoms with E-state index in [-0.39, 0.29) is 17.4 Å². The van der Waals surface area contributed by atoms with Crippen molar-refractivity contribution in [3.05, 3.63) is 39.7 Å². The summed E-state index contributed by atoms with van der Waals surface area (Å²) in [5.74, 6) is 0.0780. The molecule has 0 unspecified atom stereocenters. The third-order valence-electron chi connectivity index (χ3n) is 2.98. The van der Waals surface area contributed by atoms with Crippen LogP contribution < -0.4 is 5.32 Å². The molecular formula is C12H15N5O3. The third kappa shape index (κ3) is 2.53. The van der Waals surface area contributed by atoms with Crippen molar-refractivity contribution in [3.8, 4) is 0 Å². The van der Waals surface area contributed by atoms with Crippen molar-refractivity contribution in [1.29, 1.82) is 0 Å². The van der Waals surface area contributed by atoms with Gasteiger partial charge in [-0.05, 0) is 16.9 Å². The minimum atomic E-state index is -0.539. The molecule has 0 radical (unpaired) electrons. The molecule has 0 aliphatic carbocycles. The average molecular weight is 277 g/mol. The van der Waals surface area contributed by atoms with Crippen molar-refractivity contribution in [3.63, 3.8) is 0 Å². The maximum absolute atomic E-state index is 12.0. The van der Waals surface area contributed by atoms with E-state index in [0.29, 0.717) is 5.82 Å². The lowest BCUT2D eigenvalue weighted by Gasteiger charge is -2.01. The molecule has 0 aliphatic rings. The fourth-order valence-electron chi connectivity index (χ4n) is 1.79. The maximum Gasteiger partial charge on any atom is 0.323 e. The summed E-state index contributed by atoms with van der Waals surface area (Å²) in [5, 5.41) is 20.1. The van der Waals surface area contributed by atoms with Gasteiger partial charge in [-0.1, -0.05) is 13.8 Å². The smallest absolute Gasteiger partial charge is 0.323 e. The predicted molar refractivity (Wildman–Crippen MR) is 72.7 cm³/mol. The molecule has 8 heteroatoms. The summed E-state index contributed by atoms with van der Waals surface area (Å²) in [6.45, 7) is 4.00. The quantitative estimate of drug-likeness (QED) is 0.658. The molecule has 0 aliphatic heterocycles. The Morgan fingerprint density at radius 3 is 2.70 bits per heavy atom. The first-order chi connectivity index (χ1) is 9.40. The number of H-pyrrole nitrogens is 1. The predicted octanol–water partition coefficient (Wildman–Crippen LogP) is 2.03. The van der Waals surface area contributed by atoms with Gasteiger partial charge >= 0.3 is 5.82 Å². The third-order valence-corrected chi connectivity index (χ3v) is 2.98. The Hall–Kier alpha value is -2.64. The first-order valence-corrected chi connectivity index (χ1v) is 6.07. The molecule has 2 aromatic heterocycles. The number of aromatic nitrogens is 3. The van der Waals surface area contributed by atoms with Gasteiger partial charge in [-0.2, -0.15) is 5.10 Å². The van der Waals surface area contributed by atoms with Crippen LogP contribution >= 0.6 is 0 Å². The number of hydrogen-bond acceptors (Lipinski definition) is 4. The van der Waals surface area contributed by atoms with E-state index in [9.17, 15) is 14.9 Å². The summed E-state index contributed by atoms with van der Waals surface area (Å²) in [4.78, 5) is 22.2. The molecule has 20 heavy (non-hydrogen) atoms. The molecule has 1 amide bonds. The van der Waals surface area contributed by atoms with Gasteiger partial charge in [0.25, 0.3) is 5.91 Å². The van der Waals surface area contributed by atoms with Crippen molar-refractivity contribution in [2.24, 2.45) is 7.05 Å². The molecule has 8 nitrogen and oxygen atoms in total. The van der Waals surface area contributed by atoms with Crippen molar-refractivity contribution < 1.29 is 9.72 Å². The van der Waals surface area contributed by atoms with E-state index in [1.54, 1.807) is 6.07 Å². The zero-order valence-electron chi connectivity index (χ0n) is 11.4. The molecule has 2 N–H and O–H groups in total. The molecule has 0 aromatic carbocycles. The molecular weight excluding hydrogens is 262 g/mol. The SMILES string of the molecule is CC(C)c1cc(NC(=O)c2ccc([N+](=O)[O-])n2C)n[nH]1. The standard InChI is InChI=1S/C12H15N5O3/c1-7(2)8-6-10(15-14-8)13-12(18)9-4-5-11(16(9)3)17(19)20/h4-7H,1-3H3,(H2,13,14,15,18). The highest BCUT2D eigenvalue weighted by molar-refractivity contribution is 6.03. The summed E-state index contributed by atoms with van der Waals surface area (Å²) in [7, 11) is 1.47. The monoisotopic (exact) mass is 277 g/mol. The number of anilines is 1. The van der Waals surface area contributed by atoms with Crippen LogP contribution in [0.3, 0.4) is 0 Å². The molecule has 0 atom stereocenters. The highest BCUT2D eigenvalue weighted by atomic mass is 16.6. The topological polar surface area (TPSA) is 106 Å². The Balaban J connectivity index is 2.17. The second-order valence-corrected chi connectivity index (χ2v) is 4.71. The number of hydrogen-bond donors (Lipinski definition) is 2. The number of amides is 1. The van der Waals surface area contributed by atoms with E-state index in [1.165, 1.54) is 23.7 Å². The highest BCUT2D eigenvalue weighted by Gasteiger charge is 2.21. The molecule has 0 spiro atoms. The summed E-state index contributed by atoms with van der Waals surface area (Å²) < 4.78 is 1.23.